The smallest absolute Gasteiger partial charge is 0.255 e. The number of nitrogen functional groups attached to an aromatic ring is 1. The normalized spacial score (nSPS) is 11.1. The predicted octanol–water partition coefficient (Wildman–Crippen LogP) is 3.25. The van der Waals surface area contributed by atoms with Crippen molar-refractivity contribution in [3.05, 3.63) is 94.5 Å². The van der Waals surface area contributed by atoms with Crippen molar-refractivity contribution in [2.45, 2.75) is 25.9 Å². The Bertz CT molecular complexity index is 1130. The molecule has 0 fully saturated rings. The number of nitrogens with two attached hydrogens (primary N) is 1. The Morgan fingerprint density at radius 2 is 1.97 bits per heavy atom. The first kappa shape index (κ1) is 19.7. The third-order valence-corrected chi connectivity index (χ3v) is 4.91. The Morgan fingerprint density at radius 1 is 1.03 bits per heavy atom. The van der Waals surface area contributed by atoms with Crippen molar-refractivity contribution in [3.8, 4) is 11.3 Å². The molecule has 0 atom stereocenters. The van der Waals surface area contributed by atoms with E-state index in [2.05, 4.69) is 22.4 Å². The summed E-state index contributed by atoms with van der Waals surface area (Å²) in [7, 11) is 0. The summed E-state index contributed by atoms with van der Waals surface area (Å²) in [4.78, 5) is 16.9. The number of nitrogens with one attached hydrogen (secondary N) is 1. The minimum absolute atomic E-state index is 0.132. The van der Waals surface area contributed by atoms with Gasteiger partial charge in [-0.1, -0.05) is 18.2 Å². The number of rotatable bonds is 9. The summed E-state index contributed by atoms with van der Waals surface area (Å²) >= 11 is 0. The van der Waals surface area contributed by atoms with Gasteiger partial charge in [0.15, 0.2) is 0 Å². The first-order chi connectivity index (χ1) is 14.7. The molecule has 7 nitrogen and oxygen atoms in total. The second-order valence-corrected chi connectivity index (χ2v) is 7.08. The molecule has 0 spiro atoms. The molecular weight excluding hydrogens is 380 g/mol. The maximum atomic E-state index is 12.5. The molecule has 0 aliphatic carbocycles. The van der Waals surface area contributed by atoms with Crippen molar-refractivity contribution in [3.63, 3.8) is 0 Å². The number of anilines is 1. The lowest BCUT2D eigenvalue weighted by Gasteiger charge is -2.11. The summed E-state index contributed by atoms with van der Waals surface area (Å²) in [5.41, 5.74) is 9.85. The van der Waals surface area contributed by atoms with Gasteiger partial charge in [0.05, 0.1) is 24.5 Å². The predicted molar refractivity (Wildman–Crippen MR) is 115 cm³/mol. The molecule has 4 aromatic rings. The molecule has 0 aliphatic rings. The van der Waals surface area contributed by atoms with Crippen molar-refractivity contribution in [1.82, 2.24) is 14.9 Å². The van der Waals surface area contributed by atoms with E-state index < -0.39 is 0 Å². The minimum Gasteiger partial charge on any atom is -0.472 e. The molecule has 1 aromatic carbocycles. The summed E-state index contributed by atoms with van der Waals surface area (Å²) in [6, 6.07) is 15.4. The summed E-state index contributed by atoms with van der Waals surface area (Å²) in [6.45, 7) is 1.74. The number of hydrogen-bond donors (Lipinski definition) is 2. The van der Waals surface area contributed by atoms with Gasteiger partial charge in [-0.05, 0) is 42.7 Å². The second-order valence-electron chi connectivity index (χ2n) is 7.08. The molecule has 0 saturated heterocycles. The minimum atomic E-state index is -0.132. The van der Waals surface area contributed by atoms with Gasteiger partial charge in [-0.25, -0.2) is 4.98 Å². The SMILES string of the molecule is Nc1nc(CCc2cccc(-c3ccco3)c2)cc(=O)n1CCNCc1ccoc1. The average Bonchev–Trinajstić information content (AvgIpc) is 3.45. The van der Waals surface area contributed by atoms with E-state index in [1.807, 2.05) is 30.3 Å². The zero-order valence-electron chi connectivity index (χ0n) is 16.6. The number of benzene rings is 1. The lowest BCUT2D eigenvalue weighted by atomic mass is 10.0. The summed E-state index contributed by atoms with van der Waals surface area (Å²) in [5, 5.41) is 3.26. The van der Waals surface area contributed by atoms with Gasteiger partial charge in [0, 0.05) is 36.8 Å². The standard InChI is InChI=1S/C23H24N4O3/c24-23-26-20(7-6-17-3-1-4-19(13-17)21-5-2-11-30-21)14-22(28)27(23)10-9-25-15-18-8-12-29-16-18/h1-5,8,11-14,16,25H,6-7,9-10,15H2,(H2,24,26). The molecule has 0 aliphatic heterocycles. The molecule has 4 rings (SSSR count). The number of aromatic nitrogens is 2. The Morgan fingerprint density at radius 3 is 2.73 bits per heavy atom. The first-order valence-corrected chi connectivity index (χ1v) is 9.90. The van der Waals surface area contributed by atoms with Crippen LogP contribution >= 0.6 is 0 Å². The molecule has 3 heterocycles. The average molecular weight is 404 g/mol. The summed E-state index contributed by atoms with van der Waals surface area (Å²) in [5.74, 6) is 1.08. The number of aryl methyl sites for hydroxylation is 2. The van der Waals surface area contributed by atoms with Gasteiger partial charge < -0.3 is 19.9 Å². The first-order valence-electron chi connectivity index (χ1n) is 9.90. The quantitative estimate of drug-likeness (QED) is 0.416. The van der Waals surface area contributed by atoms with Crippen LogP contribution in [-0.4, -0.2) is 16.1 Å². The molecule has 3 aromatic heterocycles. The fourth-order valence-electron chi connectivity index (χ4n) is 3.34. The Balaban J connectivity index is 1.35. The molecule has 154 valence electrons. The Kier molecular flexibility index (Phi) is 6.10. The van der Waals surface area contributed by atoms with Crippen LogP contribution in [0.25, 0.3) is 11.3 Å². The highest BCUT2D eigenvalue weighted by Gasteiger charge is 2.08. The summed E-state index contributed by atoms with van der Waals surface area (Å²) in [6.07, 6.45) is 6.39. The van der Waals surface area contributed by atoms with Crippen LogP contribution in [0.5, 0.6) is 0 Å². The third-order valence-electron chi connectivity index (χ3n) is 4.91. The molecule has 7 heteroatoms. The van der Waals surface area contributed by atoms with E-state index in [4.69, 9.17) is 14.6 Å². The van der Waals surface area contributed by atoms with E-state index in [0.29, 0.717) is 31.7 Å². The highest BCUT2D eigenvalue weighted by molar-refractivity contribution is 5.58. The topological polar surface area (TPSA) is 99.2 Å². The molecule has 3 N–H and O–H groups in total. The van der Waals surface area contributed by atoms with Crippen LogP contribution in [0.1, 0.15) is 16.8 Å². The van der Waals surface area contributed by atoms with Crippen molar-refractivity contribution in [2.75, 3.05) is 12.3 Å². The van der Waals surface area contributed by atoms with Gasteiger partial charge in [-0.3, -0.25) is 9.36 Å². The van der Waals surface area contributed by atoms with Gasteiger partial charge in [-0.2, -0.15) is 0 Å². The van der Waals surface area contributed by atoms with E-state index in [9.17, 15) is 4.79 Å². The van der Waals surface area contributed by atoms with Gasteiger partial charge in [0.1, 0.15) is 5.76 Å². The lowest BCUT2D eigenvalue weighted by molar-refractivity contribution is 0.553. The van der Waals surface area contributed by atoms with Crippen LogP contribution < -0.4 is 16.6 Å². The van der Waals surface area contributed by atoms with Gasteiger partial charge in [0.25, 0.3) is 5.56 Å². The fraction of sp³-hybridized carbons (Fsp3) is 0.217. The van der Waals surface area contributed by atoms with E-state index in [0.717, 1.165) is 28.9 Å². The van der Waals surface area contributed by atoms with Crippen LogP contribution in [0.2, 0.25) is 0 Å². The van der Waals surface area contributed by atoms with E-state index in [-0.39, 0.29) is 11.5 Å². The van der Waals surface area contributed by atoms with Crippen LogP contribution in [0.3, 0.4) is 0 Å². The second kappa shape index (κ2) is 9.28. The molecule has 0 unspecified atom stereocenters. The fourth-order valence-corrected chi connectivity index (χ4v) is 3.34. The van der Waals surface area contributed by atoms with E-state index >= 15 is 0 Å². The molecule has 0 bridgehead atoms. The number of nitrogens with zero attached hydrogens (tertiary/aromatic N) is 2. The van der Waals surface area contributed by atoms with Gasteiger partial charge in [-0.15, -0.1) is 0 Å². The molecule has 0 amide bonds. The van der Waals surface area contributed by atoms with Crippen molar-refractivity contribution in [1.29, 1.82) is 0 Å². The van der Waals surface area contributed by atoms with E-state index in [1.165, 1.54) is 4.57 Å². The summed E-state index contributed by atoms with van der Waals surface area (Å²) < 4.78 is 12.0. The largest absolute Gasteiger partial charge is 0.472 e. The van der Waals surface area contributed by atoms with Crippen LogP contribution in [0.15, 0.2) is 80.9 Å². The number of hydrogen-bond acceptors (Lipinski definition) is 6. The van der Waals surface area contributed by atoms with Gasteiger partial charge >= 0.3 is 0 Å². The zero-order valence-corrected chi connectivity index (χ0v) is 16.6. The Hall–Kier alpha value is -3.58. The Labute approximate surface area is 174 Å². The van der Waals surface area contributed by atoms with Crippen molar-refractivity contribution >= 4 is 5.95 Å². The van der Waals surface area contributed by atoms with Crippen LogP contribution in [0, 0.1) is 0 Å². The lowest BCUT2D eigenvalue weighted by Crippen LogP contribution is -2.29. The zero-order chi connectivity index (χ0) is 20.8. The van der Waals surface area contributed by atoms with Crippen LogP contribution in [0.4, 0.5) is 5.95 Å². The number of furan rings is 2. The third kappa shape index (κ3) is 4.87. The highest BCUT2D eigenvalue weighted by Crippen LogP contribution is 2.21. The molecule has 0 saturated carbocycles. The maximum absolute atomic E-state index is 12.5. The van der Waals surface area contributed by atoms with E-state index in [1.54, 1.807) is 24.9 Å². The monoisotopic (exact) mass is 404 g/mol. The molecule has 0 radical (unpaired) electrons. The molecular formula is C23H24N4O3. The van der Waals surface area contributed by atoms with Gasteiger partial charge in [0.2, 0.25) is 5.95 Å². The van der Waals surface area contributed by atoms with Crippen molar-refractivity contribution < 1.29 is 8.83 Å². The maximum Gasteiger partial charge on any atom is 0.255 e. The van der Waals surface area contributed by atoms with Crippen molar-refractivity contribution in [2.24, 2.45) is 0 Å². The highest BCUT2D eigenvalue weighted by atomic mass is 16.3. The van der Waals surface area contributed by atoms with Crippen LogP contribution in [-0.2, 0) is 25.9 Å². The molecule has 30 heavy (non-hydrogen) atoms.